The second-order valence-electron chi connectivity index (χ2n) is 9.63. The molecule has 0 amide bonds. The van der Waals surface area contributed by atoms with Crippen LogP contribution in [0, 0.1) is 5.82 Å². The number of piperidine rings is 1. The highest BCUT2D eigenvalue weighted by Crippen LogP contribution is 2.33. The number of likely N-dealkylation sites (tertiary alicyclic amines) is 1. The first-order valence-electron chi connectivity index (χ1n) is 13.0. The molecule has 7 nitrogen and oxygen atoms in total. The Morgan fingerprint density at radius 1 is 1.06 bits per heavy atom. The fourth-order valence-electron chi connectivity index (χ4n) is 5.54. The van der Waals surface area contributed by atoms with Gasteiger partial charge in [-0.1, -0.05) is 19.1 Å². The van der Waals surface area contributed by atoms with Crippen LogP contribution in [0.4, 0.5) is 16.0 Å². The number of halogens is 1. The van der Waals surface area contributed by atoms with Gasteiger partial charge >= 0.3 is 0 Å². The molecule has 8 heteroatoms. The van der Waals surface area contributed by atoms with E-state index in [9.17, 15) is 4.39 Å². The van der Waals surface area contributed by atoms with Crippen LogP contribution in [-0.2, 0) is 13.0 Å². The van der Waals surface area contributed by atoms with Crippen LogP contribution in [0.25, 0.3) is 11.3 Å². The Morgan fingerprint density at radius 2 is 1.86 bits per heavy atom. The Bertz CT molecular complexity index is 1130. The molecule has 2 aromatic heterocycles. The summed E-state index contributed by atoms with van der Waals surface area (Å²) in [5.74, 6) is 3.25. The van der Waals surface area contributed by atoms with Gasteiger partial charge in [-0.25, -0.2) is 19.3 Å². The van der Waals surface area contributed by atoms with Gasteiger partial charge in [0.15, 0.2) is 0 Å². The summed E-state index contributed by atoms with van der Waals surface area (Å²) in [6.07, 6.45) is 9.30. The van der Waals surface area contributed by atoms with Gasteiger partial charge in [-0.05, 0) is 57.3 Å². The molecule has 3 aromatic rings. The van der Waals surface area contributed by atoms with Crippen molar-refractivity contribution in [1.82, 2.24) is 24.4 Å². The van der Waals surface area contributed by atoms with E-state index in [1.54, 1.807) is 18.5 Å². The minimum absolute atomic E-state index is 0.221. The molecule has 1 N–H and O–H groups in total. The monoisotopic (exact) mass is 477 g/mol. The molecular formula is C27H36FN7. The normalized spacial score (nSPS) is 17.3. The maximum Gasteiger partial charge on any atom is 0.137 e. The molecule has 0 saturated carbocycles. The third-order valence-corrected chi connectivity index (χ3v) is 7.46. The fourth-order valence-corrected chi connectivity index (χ4v) is 5.54. The lowest BCUT2D eigenvalue weighted by atomic mass is 9.95. The predicted molar refractivity (Wildman–Crippen MR) is 138 cm³/mol. The predicted octanol–water partition coefficient (Wildman–Crippen LogP) is 4.56. The molecule has 2 fully saturated rings. The fraction of sp³-hybridized carbons (Fsp3) is 0.519. The molecule has 0 radical (unpaired) electrons. The minimum Gasteiger partial charge on any atom is -0.373 e. The van der Waals surface area contributed by atoms with Crippen molar-refractivity contribution in [2.75, 3.05) is 50.0 Å². The summed E-state index contributed by atoms with van der Waals surface area (Å²) in [4.78, 5) is 19.0. The highest BCUT2D eigenvalue weighted by Gasteiger charge is 2.27. The molecule has 2 aliphatic heterocycles. The lowest BCUT2D eigenvalue weighted by molar-refractivity contribution is 0.317. The van der Waals surface area contributed by atoms with Crippen LogP contribution in [-0.4, -0.2) is 64.2 Å². The molecule has 0 unspecified atom stereocenters. The van der Waals surface area contributed by atoms with E-state index in [1.807, 2.05) is 13.1 Å². The second kappa shape index (κ2) is 10.7. The van der Waals surface area contributed by atoms with Gasteiger partial charge in [-0.2, -0.15) is 0 Å². The van der Waals surface area contributed by atoms with E-state index in [-0.39, 0.29) is 5.82 Å². The highest BCUT2D eigenvalue weighted by molar-refractivity contribution is 5.60. The molecule has 2 aliphatic rings. The van der Waals surface area contributed by atoms with E-state index in [0.29, 0.717) is 5.92 Å². The van der Waals surface area contributed by atoms with Crippen LogP contribution in [0.1, 0.15) is 49.9 Å². The molecule has 35 heavy (non-hydrogen) atoms. The second-order valence-corrected chi connectivity index (χ2v) is 9.63. The average Bonchev–Trinajstić information content (AvgIpc) is 3.57. The van der Waals surface area contributed by atoms with Gasteiger partial charge in [-0.3, -0.25) is 0 Å². The summed E-state index contributed by atoms with van der Waals surface area (Å²) in [7, 11) is 1.91. The van der Waals surface area contributed by atoms with Crippen molar-refractivity contribution in [1.29, 1.82) is 0 Å². The number of hydrogen-bond donors (Lipinski definition) is 1. The smallest absolute Gasteiger partial charge is 0.137 e. The Balaban J connectivity index is 1.36. The maximum atomic E-state index is 13.9. The molecule has 2 saturated heterocycles. The first-order chi connectivity index (χ1) is 17.2. The maximum absolute atomic E-state index is 13.9. The molecule has 186 valence electrons. The zero-order chi connectivity index (χ0) is 24.2. The Labute approximate surface area is 207 Å². The number of nitrogens with zero attached hydrogens (tertiary/aromatic N) is 6. The first kappa shape index (κ1) is 23.7. The Kier molecular flexibility index (Phi) is 7.27. The zero-order valence-electron chi connectivity index (χ0n) is 20.9. The molecule has 0 aliphatic carbocycles. The van der Waals surface area contributed by atoms with Gasteiger partial charge in [0.25, 0.3) is 0 Å². The molecular weight excluding hydrogens is 441 g/mol. The summed E-state index contributed by atoms with van der Waals surface area (Å²) in [6, 6.07) is 6.78. The zero-order valence-corrected chi connectivity index (χ0v) is 20.9. The van der Waals surface area contributed by atoms with Crippen LogP contribution in [0.15, 0.2) is 36.8 Å². The molecule has 4 heterocycles. The van der Waals surface area contributed by atoms with Crippen molar-refractivity contribution in [3.05, 3.63) is 54.0 Å². The van der Waals surface area contributed by atoms with Crippen molar-refractivity contribution in [2.45, 2.75) is 51.5 Å². The largest absolute Gasteiger partial charge is 0.373 e. The van der Waals surface area contributed by atoms with Gasteiger partial charge in [0.1, 0.15) is 29.6 Å². The van der Waals surface area contributed by atoms with E-state index in [1.165, 1.54) is 37.6 Å². The van der Waals surface area contributed by atoms with Crippen LogP contribution >= 0.6 is 0 Å². The van der Waals surface area contributed by atoms with Crippen molar-refractivity contribution < 1.29 is 4.39 Å². The summed E-state index contributed by atoms with van der Waals surface area (Å²) in [5, 5.41) is 3.21. The lowest BCUT2D eigenvalue weighted by Crippen LogP contribution is -2.35. The number of benzene rings is 1. The Hall–Kier alpha value is -3.00. The first-order valence-corrected chi connectivity index (χ1v) is 13.0. The van der Waals surface area contributed by atoms with Gasteiger partial charge in [0, 0.05) is 56.5 Å². The van der Waals surface area contributed by atoms with Gasteiger partial charge in [0.2, 0.25) is 0 Å². The molecule has 1 aromatic carbocycles. The van der Waals surface area contributed by atoms with Crippen molar-refractivity contribution in [2.24, 2.45) is 0 Å². The number of rotatable bonds is 8. The Morgan fingerprint density at radius 3 is 2.57 bits per heavy atom. The SMILES string of the molecule is CCc1c(NC)ncnc1N1CCC(c2nc(-c3cccc(F)c3)cn2CCN2CCCC2)CC1. The van der Waals surface area contributed by atoms with Crippen molar-refractivity contribution >= 4 is 11.6 Å². The van der Waals surface area contributed by atoms with Gasteiger partial charge in [-0.15, -0.1) is 0 Å². The molecule has 5 rings (SSSR count). The van der Waals surface area contributed by atoms with E-state index in [4.69, 9.17) is 4.98 Å². The standard InChI is InChI=1S/C27H36FN7/c1-3-23-25(29-2)30-19-31-27(23)34-13-9-20(10-14-34)26-32-24(21-7-6-8-22(28)17-21)18-35(26)16-15-33-11-4-5-12-33/h6-8,17-20H,3-5,9-16H2,1-2H3,(H,29,30,31). The van der Waals surface area contributed by atoms with E-state index >= 15 is 0 Å². The summed E-state index contributed by atoms with van der Waals surface area (Å²) >= 11 is 0. The summed E-state index contributed by atoms with van der Waals surface area (Å²) in [6.45, 7) is 8.37. The number of aromatic nitrogens is 4. The van der Waals surface area contributed by atoms with Gasteiger partial charge < -0.3 is 19.7 Å². The lowest BCUT2D eigenvalue weighted by Gasteiger charge is -2.34. The van der Waals surface area contributed by atoms with Crippen LogP contribution in [0.2, 0.25) is 0 Å². The molecule has 0 atom stereocenters. The van der Waals surface area contributed by atoms with Crippen molar-refractivity contribution in [3.8, 4) is 11.3 Å². The van der Waals surface area contributed by atoms with Crippen LogP contribution in [0.5, 0.6) is 0 Å². The number of hydrogen-bond acceptors (Lipinski definition) is 6. The van der Waals surface area contributed by atoms with E-state index in [2.05, 4.69) is 42.8 Å². The van der Waals surface area contributed by atoms with Crippen molar-refractivity contribution in [3.63, 3.8) is 0 Å². The van der Waals surface area contributed by atoms with Crippen LogP contribution in [0.3, 0.4) is 0 Å². The third-order valence-electron chi connectivity index (χ3n) is 7.46. The number of nitrogens with one attached hydrogen (secondary N) is 1. The number of anilines is 2. The van der Waals surface area contributed by atoms with E-state index in [0.717, 1.165) is 74.2 Å². The van der Waals surface area contributed by atoms with Gasteiger partial charge in [0.05, 0.1) is 5.69 Å². The van der Waals surface area contributed by atoms with Crippen LogP contribution < -0.4 is 10.2 Å². The topological polar surface area (TPSA) is 62.1 Å². The quantitative estimate of drug-likeness (QED) is 0.513. The highest BCUT2D eigenvalue weighted by atomic mass is 19.1. The number of imidazole rings is 1. The molecule has 0 bridgehead atoms. The minimum atomic E-state index is -0.221. The third kappa shape index (κ3) is 5.17. The summed E-state index contributed by atoms with van der Waals surface area (Å²) in [5.41, 5.74) is 2.89. The average molecular weight is 478 g/mol. The molecule has 0 spiro atoms. The summed E-state index contributed by atoms with van der Waals surface area (Å²) < 4.78 is 16.3. The van der Waals surface area contributed by atoms with E-state index < -0.39 is 0 Å².